The van der Waals surface area contributed by atoms with Crippen LogP contribution in [-0.4, -0.2) is 50.0 Å². The number of sulfonamides is 1. The van der Waals surface area contributed by atoms with E-state index in [0.29, 0.717) is 18.4 Å². The van der Waals surface area contributed by atoms with Crippen molar-refractivity contribution in [2.24, 2.45) is 5.92 Å². The maximum absolute atomic E-state index is 13.3. The zero-order chi connectivity index (χ0) is 21.3. The molecule has 2 aromatic carbocycles. The van der Waals surface area contributed by atoms with E-state index in [2.05, 4.69) is 0 Å². The van der Waals surface area contributed by atoms with Crippen LogP contribution >= 0.6 is 0 Å². The fourth-order valence-electron chi connectivity index (χ4n) is 4.55. The van der Waals surface area contributed by atoms with E-state index in [9.17, 15) is 18.0 Å². The average Bonchev–Trinajstić information content (AvgIpc) is 3.10. The van der Waals surface area contributed by atoms with Gasteiger partial charge in [0.05, 0.1) is 17.6 Å². The molecule has 2 aliphatic heterocycles. The van der Waals surface area contributed by atoms with Crippen molar-refractivity contribution < 1.29 is 27.5 Å². The van der Waals surface area contributed by atoms with Gasteiger partial charge < -0.3 is 9.47 Å². The van der Waals surface area contributed by atoms with Crippen LogP contribution in [0.2, 0.25) is 0 Å². The molecule has 0 saturated carbocycles. The van der Waals surface area contributed by atoms with Gasteiger partial charge in [-0.25, -0.2) is 13.2 Å². The molecule has 2 fully saturated rings. The van der Waals surface area contributed by atoms with Crippen molar-refractivity contribution in [2.45, 2.75) is 42.3 Å². The van der Waals surface area contributed by atoms with Crippen LogP contribution in [0, 0.1) is 5.92 Å². The predicted molar refractivity (Wildman–Crippen MR) is 108 cm³/mol. The van der Waals surface area contributed by atoms with Gasteiger partial charge in [-0.15, -0.1) is 0 Å². The largest absolute Gasteiger partial charge is 0.469 e. The molecule has 0 amide bonds. The molecular formula is C22H23NO6S. The van der Waals surface area contributed by atoms with Crippen LogP contribution < -0.4 is 0 Å². The zero-order valence-electron chi connectivity index (χ0n) is 16.5. The van der Waals surface area contributed by atoms with Gasteiger partial charge in [0.1, 0.15) is 12.0 Å². The number of carbonyl (C=O) groups excluding carboxylic acids is 2. The highest BCUT2D eigenvalue weighted by Crippen LogP contribution is 2.44. The summed E-state index contributed by atoms with van der Waals surface area (Å²) in [5.74, 6) is -1.98. The highest BCUT2D eigenvalue weighted by molar-refractivity contribution is 7.89. The molecule has 4 atom stereocenters. The quantitative estimate of drug-likeness (QED) is 0.679. The van der Waals surface area contributed by atoms with Crippen LogP contribution in [0.25, 0.3) is 0 Å². The standard InChI is InChI=1S/C22H23NO6S/c1-28-22(25)20-18-13-12-16(23(18)30(26,27)17-10-6-3-7-11-17)14-19(20)29-21(24)15-8-4-2-5-9-15/h2-11,16,18-20H,12-14H2,1H3/t16-,18+,19-,20+/m0/s1. The topological polar surface area (TPSA) is 90.0 Å². The molecule has 2 heterocycles. The Kier molecular flexibility index (Phi) is 5.62. The lowest BCUT2D eigenvalue weighted by Gasteiger charge is -2.41. The fourth-order valence-corrected chi connectivity index (χ4v) is 6.47. The third kappa shape index (κ3) is 3.61. The molecule has 2 bridgehead atoms. The Morgan fingerprint density at radius 2 is 1.60 bits per heavy atom. The molecule has 0 aromatic heterocycles. The first-order valence-electron chi connectivity index (χ1n) is 9.86. The first-order valence-corrected chi connectivity index (χ1v) is 11.3. The SMILES string of the molecule is COC(=O)[C@H]1[C@@H](OC(=O)c2ccccc2)C[C@@H]2CC[C@H]1N2S(=O)(=O)c1ccccc1. The molecule has 0 unspecified atom stereocenters. The first-order chi connectivity index (χ1) is 14.4. The lowest BCUT2D eigenvalue weighted by Crippen LogP contribution is -2.56. The monoisotopic (exact) mass is 429 g/mol. The number of hydrogen-bond donors (Lipinski definition) is 0. The summed E-state index contributed by atoms with van der Waals surface area (Å²) < 4.78 is 38.7. The van der Waals surface area contributed by atoms with Crippen molar-refractivity contribution in [3.63, 3.8) is 0 Å². The minimum atomic E-state index is -3.79. The van der Waals surface area contributed by atoms with Gasteiger partial charge in [-0.3, -0.25) is 4.79 Å². The van der Waals surface area contributed by atoms with Crippen LogP contribution in [-0.2, 0) is 24.3 Å². The van der Waals surface area contributed by atoms with E-state index in [1.54, 1.807) is 60.7 Å². The molecule has 2 aliphatic rings. The molecule has 30 heavy (non-hydrogen) atoms. The van der Waals surface area contributed by atoms with E-state index < -0.39 is 40.0 Å². The van der Waals surface area contributed by atoms with E-state index in [0.717, 1.165) is 0 Å². The first kappa shape index (κ1) is 20.6. The van der Waals surface area contributed by atoms with Gasteiger partial charge in [0.15, 0.2) is 0 Å². The van der Waals surface area contributed by atoms with Crippen molar-refractivity contribution in [1.29, 1.82) is 0 Å². The fraction of sp³-hybridized carbons (Fsp3) is 0.364. The average molecular weight is 429 g/mol. The summed E-state index contributed by atoms with van der Waals surface area (Å²) >= 11 is 0. The minimum Gasteiger partial charge on any atom is -0.469 e. The summed E-state index contributed by atoms with van der Waals surface area (Å²) in [6.45, 7) is 0. The molecule has 0 aliphatic carbocycles. The number of esters is 2. The molecule has 0 spiro atoms. The molecule has 0 N–H and O–H groups in total. The Labute approximate surface area is 175 Å². The summed E-state index contributed by atoms with van der Waals surface area (Å²) in [6, 6.07) is 15.7. The van der Waals surface area contributed by atoms with Crippen molar-refractivity contribution in [1.82, 2.24) is 4.31 Å². The smallest absolute Gasteiger partial charge is 0.338 e. The van der Waals surface area contributed by atoms with E-state index >= 15 is 0 Å². The van der Waals surface area contributed by atoms with Gasteiger partial charge in [-0.2, -0.15) is 4.31 Å². The summed E-state index contributed by atoms with van der Waals surface area (Å²) in [5, 5.41) is 0. The van der Waals surface area contributed by atoms with Gasteiger partial charge in [0.2, 0.25) is 10.0 Å². The second kappa shape index (κ2) is 8.20. The minimum absolute atomic E-state index is 0.185. The summed E-state index contributed by atoms with van der Waals surface area (Å²) in [4.78, 5) is 25.4. The van der Waals surface area contributed by atoms with E-state index in [4.69, 9.17) is 9.47 Å². The summed E-state index contributed by atoms with van der Waals surface area (Å²) in [7, 11) is -2.53. The van der Waals surface area contributed by atoms with Crippen LogP contribution in [0.3, 0.4) is 0 Å². The maximum atomic E-state index is 13.3. The van der Waals surface area contributed by atoms with Gasteiger partial charge >= 0.3 is 11.9 Å². The molecular weight excluding hydrogens is 406 g/mol. The highest BCUT2D eigenvalue weighted by atomic mass is 32.2. The highest BCUT2D eigenvalue weighted by Gasteiger charge is 2.56. The lowest BCUT2D eigenvalue weighted by atomic mass is 9.89. The van der Waals surface area contributed by atoms with Crippen molar-refractivity contribution in [3.05, 3.63) is 66.2 Å². The van der Waals surface area contributed by atoms with Gasteiger partial charge in [-0.05, 0) is 37.1 Å². The molecule has 2 saturated heterocycles. The van der Waals surface area contributed by atoms with Gasteiger partial charge in [0, 0.05) is 18.5 Å². The molecule has 0 radical (unpaired) electrons. The molecule has 4 rings (SSSR count). The Morgan fingerprint density at radius 1 is 0.967 bits per heavy atom. The van der Waals surface area contributed by atoms with Crippen LogP contribution in [0.4, 0.5) is 0 Å². The Morgan fingerprint density at radius 3 is 2.23 bits per heavy atom. The van der Waals surface area contributed by atoms with E-state index in [-0.39, 0.29) is 17.4 Å². The normalized spacial score (nSPS) is 26.2. The van der Waals surface area contributed by atoms with E-state index in [1.807, 2.05) is 0 Å². The molecule has 158 valence electrons. The number of piperidine rings is 1. The van der Waals surface area contributed by atoms with E-state index in [1.165, 1.54) is 11.4 Å². The second-order valence-corrected chi connectivity index (χ2v) is 9.38. The lowest BCUT2D eigenvalue weighted by molar-refractivity contribution is -0.154. The maximum Gasteiger partial charge on any atom is 0.338 e. The number of ether oxygens (including phenoxy) is 2. The summed E-state index contributed by atoms with van der Waals surface area (Å²) in [6.07, 6.45) is 0.616. The van der Waals surface area contributed by atoms with Crippen LogP contribution in [0.5, 0.6) is 0 Å². The van der Waals surface area contributed by atoms with Crippen LogP contribution in [0.1, 0.15) is 29.6 Å². The number of methoxy groups -OCH3 is 1. The summed E-state index contributed by atoms with van der Waals surface area (Å²) in [5.41, 5.74) is 0.382. The second-order valence-electron chi connectivity index (χ2n) is 7.54. The number of benzene rings is 2. The molecule has 7 nitrogen and oxygen atoms in total. The number of rotatable bonds is 5. The number of hydrogen-bond acceptors (Lipinski definition) is 6. The van der Waals surface area contributed by atoms with Crippen molar-refractivity contribution in [2.75, 3.05) is 7.11 Å². The predicted octanol–water partition coefficient (Wildman–Crippen LogP) is 2.63. The number of nitrogens with zero attached hydrogens (tertiary/aromatic N) is 1. The Hall–Kier alpha value is -2.71. The number of carbonyl (C=O) groups is 2. The molecule has 2 aromatic rings. The van der Waals surface area contributed by atoms with Crippen LogP contribution in [0.15, 0.2) is 65.6 Å². The zero-order valence-corrected chi connectivity index (χ0v) is 17.3. The third-order valence-electron chi connectivity index (χ3n) is 5.86. The van der Waals surface area contributed by atoms with Gasteiger partial charge in [0.25, 0.3) is 0 Å². The molecule has 8 heteroatoms. The third-order valence-corrected chi connectivity index (χ3v) is 7.85. The number of fused-ring (bicyclic) bond motifs is 2. The van der Waals surface area contributed by atoms with Gasteiger partial charge in [-0.1, -0.05) is 36.4 Å². The van der Waals surface area contributed by atoms with Crippen molar-refractivity contribution >= 4 is 22.0 Å². The van der Waals surface area contributed by atoms with Crippen molar-refractivity contribution in [3.8, 4) is 0 Å². The Balaban J connectivity index is 1.64. The Bertz CT molecular complexity index is 1020.